The lowest BCUT2D eigenvalue weighted by Gasteiger charge is -2.23. The van der Waals surface area contributed by atoms with E-state index in [-0.39, 0.29) is 5.60 Å². The summed E-state index contributed by atoms with van der Waals surface area (Å²) in [7, 11) is 0. The minimum absolute atomic E-state index is 0.289. The highest BCUT2D eigenvalue weighted by atomic mass is 35.5. The Labute approximate surface area is 78.3 Å². The molecule has 1 rings (SSSR count). The molecular weight excluding hydrogens is 172 g/mol. The summed E-state index contributed by atoms with van der Waals surface area (Å²) in [5.74, 6) is 1.35. The molecular formula is C10H13ClO. The molecule has 0 heterocycles. The van der Waals surface area contributed by atoms with Gasteiger partial charge in [-0.15, -0.1) is 11.6 Å². The van der Waals surface area contributed by atoms with Crippen LogP contribution in [0.4, 0.5) is 0 Å². The summed E-state index contributed by atoms with van der Waals surface area (Å²) in [5, 5.41) is 0. The van der Waals surface area contributed by atoms with Crippen molar-refractivity contribution >= 4 is 11.6 Å². The number of rotatable bonds is 3. The number of hydrogen-bond donors (Lipinski definition) is 0. The fourth-order valence-corrected chi connectivity index (χ4v) is 0.889. The van der Waals surface area contributed by atoms with E-state index in [1.165, 1.54) is 0 Å². The molecule has 0 aliphatic carbocycles. The van der Waals surface area contributed by atoms with Crippen molar-refractivity contribution in [2.75, 3.05) is 5.88 Å². The number of hydrogen-bond acceptors (Lipinski definition) is 1. The third-order valence-corrected chi connectivity index (χ3v) is 2.10. The first kappa shape index (κ1) is 9.40. The van der Waals surface area contributed by atoms with Crippen molar-refractivity contribution in [3.63, 3.8) is 0 Å². The molecule has 0 saturated heterocycles. The average molecular weight is 185 g/mol. The molecule has 0 aliphatic heterocycles. The van der Waals surface area contributed by atoms with E-state index >= 15 is 0 Å². The third kappa shape index (κ3) is 2.74. The topological polar surface area (TPSA) is 9.23 Å². The molecule has 0 radical (unpaired) electrons. The van der Waals surface area contributed by atoms with Crippen LogP contribution in [-0.4, -0.2) is 11.5 Å². The molecule has 0 unspecified atom stereocenters. The largest absolute Gasteiger partial charge is 0.487 e. The van der Waals surface area contributed by atoms with Crippen LogP contribution in [0.15, 0.2) is 30.3 Å². The molecule has 2 heteroatoms. The van der Waals surface area contributed by atoms with Crippen molar-refractivity contribution in [2.45, 2.75) is 19.4 Å². The molecule has 1 nitrogen and oxygen atoms in total. The van der Waals surface area contributed by atoms with E-state index in [1.54, 1.807) is 0 Å². The molecule has 0 spiro atoms. The zero-order valence-corrected chi connectivity index (χ0v) is 8.14. The standard InChI is InChI=1S/C10H13ClO/c1-10(2,8-11)12-9-6-4-3-5-7-9/h3-7H,8H2,1-2H3. The summed E-state index contributed by atoms with van der Waals surface area (Å²) in [5.41, 5.74) is -0.289. The van der Waals surface area contributed by atoms with Crippen molar-refractivity contribution in [1.29, 1.82) is 0 Å². The van der Waals surface area contributed by atoms with Crippen LogP contribution in [0, 0.1) is 0 Å². The molecule has 0 bridgehead atoms. The number of alkyl halides is 1. The third-order valence-electron chi connectivity index (χ3n) is 1.46. The molecule has 0 N–H and O–H groups in total. The monoisotopic (exact) mass is 184 g/mol. The van der Waals surface area contributed by atoms with Gasteiger partial charge in [0.05, 0.1) is 5.88 Å². The predicted octanol–water partition coefficient (Wildman–Crippen LogP) is 3.08. The lowest BCUT2D eigenvalue weighted by Crippen LogP contribution is -2.29. The Hall–Kier alpha value is -0.690. The molecule has 0 fully saturated rings. The van der Waals surface area contributed by atoms with E-state index in [2.05, 4.69) is 0 Å². The summed E-state index contributed by atoms with van der Waals surface area (Å²) in [4.78, 5) is 0. The minimum Gasteiger partial charge on any atom is -0.487 e. The van der Waals surface area contributed by atoms with E-state index in [0.29, 0.717) is 5.88 Å². The van der Waals surface area contributed by atoms with Crippen LogP contribution >= 0.6 is 11.6 Å². The lowest BCUT2D eigenvalue weighted by molar-refractivity contribution is 0.134. The second-order valence-corrected chi connectivity index (χ2v) is 3.58. The Morgan fingerprint density at radius 1 is 1.25 bits per heavy atom. The van der Waals surface area contributed by atoms with Gasteiger partial charge in [-0.25, -0.2) is 0 Å². The van der Waals surface area contributed by atoms with E-state index < -0.39 is 0 Å². The molecule has 0 saturated carbocycles. The average Bonchev–Trinajstić information content (AvgIpc) is 2.06. The van der Waals surface area contributed by atoms with Crippen LogP contribution in [0.2, 0.25) is 0 Å². The molecule has 12 heavy (non-hydrogen) atoms. The second kappa shape index (κ2) is 3.81. The van der Waals surface area contributed by atoms with Gasteiger partial charge in [0, 0.05) is 0 Å². The normalized spacial score (nSPS) is 11.2. The van der Waals surface area contributed by atoms with Crippen molar-refractivity contribution in [2.24, 2.45) is 0 Å². The van der Waals surface area contributed by atoms with Gasteiger partial charge in [-0.2, -0.15) is 0 Å². The van der Waals surface area contributed by atoms with Crippen LogP contribution in [0.25, 0.3) is 0 Å². The predicted molar refractivity (Wildman–Crippen MR) is 51.9 cm³/mol. The maximum Gasteiger partial charge on any atom is 0.120 e. The van der Waals surface area contributed by atoms with Gasteiger partial charge < -0.3 is 4.74 Å². The van der Waals surface area contributed by atoms with E-state index in [4.69, 9.17) is 16.3 Å². The number of halogens is 1. The summed E-state index contributed by atoms with van der Waals surface area (Å²) in [6, 6.07) is 9.70. The van der Waals surface area contributed by atoms with Crippen molar-refractivity contribution in [3.8, 4) is 5.75 Å². The highest BCUT2D eigenvalue weighted by molar-refractivity contribution is 6.18. The highest BCUT2D eigenvalue weighted by Gasteiger charge is 2.17. The van der Waals surface area contributed by atoms with Crippen molar-refractivity contribution < 1.29 is 4.74 Å². The molecule has 1 aromatic rings. The quantitative estimate of drug-likeness (QED) is 0.656. The van der Waals surface area contributed by atoms with Gasteiger partial charge in [0.15, 0.2) is 0 Å². The van der Waals surface area contributed by atoms with E-state index in [9.17, 15) is 0 Å². The Kier molecular flexibility index (Phi) is 2.99. The van der Waals surface area contributed by atoms with Gasteiger partial charge in [0.1, 0.15) is 11.4 Å². The zero-order chi connectivity index (χ0) is 9.03. The Morgan fingerprint density at radius 2 is 1.83 bits per heavy atom. The number of para-hydroxylation sites is 1. The second-order valence-electron chi connectivity index (χ2n) is 3.31. The Bertz CT molecular complexity index is 231. The fourth-order valence-electron chi connectivity index (χ4n) is 0.835. The van der Waals surface area contributed by atoms with Gasteiger partial charge in [0.25, 0.3) is 0 Å². The van der Waals surface area contributed by atoms with Gasteiger partial charge in [0.2, 0.25) is 0 Å². The first-order valence-corrected chi connectivity index (χ1v) is 4.47. The van der Waals surface area contributed by atoms with E-state index in [1.807, 2.05) is 44.2 Å². The molecule has 66 valence electrons. The lowest BCUT2D eigenvalue weighted by atomic mass is 10.2. The fraction of sp³-hybridized carbons (Fsp3) is 0.400. The summed E-state index contributed by atoms with van der Waals surface area (Å²) in [6.07, 6.45) is 0. The van der Waals surface area contributed by atoms with Crippen LogP contribution in [0.1, 0.15) is 13.8 Å². The maximum absolute atomic E-state index is 5.72. The number of benzene rings is 1. The number of ether oxygens (including phenoxy) is 1. The zero-order valence-electron chi connectivity index (χ0n) is 7.38. The van der Waals surface area contributed by atoms with Gasteiger partial charge in [-0.1, -0.05) is 18.2 Å². The first-order chi connectivity index (χ1) is 5.64. The molecule has 0 atom stereocenters. The molecule has 0 aliphatic rings. The Morgan fingerprint density at radius 3 is 2.33 bits per heavy atom. The van der Waals surface area contributed by atoms with Gasteiger partial charge in [-0.3, -0.25) is 0 Å². The SMILES string of the molecule is CC(C)(CCl)Oc1ccccc1. The maximum atomic E-state index is 5.72. The van der Waals surface area contributed by atoms with Gasteiger partial charge in [-0.05, 0) is 26.0 Å². The summed E-state index contributed by atoms with van der Waals surface area (Å²) < 4.78 is 5.62. The molecule has 0 amide bonds. The van der Waals surface area contributed by atoms with Crippen LogP contribution in [0.5, 0.6) is 5.75 Å². The minimum atomic E-state index is -0.289. The highest BCUT2D eigenvalue weighted by Crippen LogP contribution is 2.18. The van der Waals surface area contributed by atoms with E-state index in [0.717, 1.165) is 5.75 Å². The van der Waals surface area contributed by atoms with Crippen LogP contribution < -0.4 is 4.74 Å². The van der Waals surface area contributed by atoms with Crippen molar-refractivity contribution in [3.05, 3.63) is 30.3 Å². The van der Waals surface area contributed by atoms with Crippen LogP contribution in [-0.2, 0) is 0 Å². The summed E-state index contributed by atoms with van der Waals surface area (Å²) >= 11 is 5.72. The van der Waals surface area contributed by atoms with Gasteiger partial charge >= 0.3 is 0 Å². The smallest absolute Gasteiger partial charge is 0.120 e. The molecule has 0 aromatic heterocycles. The van der Waals surface area contributed by atoms with Crippen molar-refractivity contribution in [1.82, 2.24) is 0 Å². The first-order valence-electron chi connectivity index (χ1n) is 3.94. The molecule has 1 aromatic carbocycles. The summed E-state index contributed by atoms with van der Waals surface area (Å²) in [6.45, 7) is 3.93. The Balaban J connectivity index is 2.64. The van der Waals surface area contributed by atoms with Crippen LogP contribution in [0.3, 0.4) is 0 Å².